The Hall–Kier alpha value is -4.97. The number of rotatable bonds is 24. The molecule has 18 N–H and O–H groups in total. The molecule has 408 valence electrons. The quantitative estimate of drug-likeness (QED) is 0.0461. The van der Waals surface area contributed by atoms with Crippen LogP contribution in [0.4, 0.5) is 0 Å². The maximum atomic E-state index is 14.3. The van der Waals surface area contributed by atoms with Crippen LogP contribution in [-0.4, -0.2) is 145 Å². The number of amides is 9. The Morgan fingerprint density at radius 3 is 1.30 bits per heavy atom. The van der Waals surface area contributed by atoms with Gasteiger partial charge in [0.25, 0.3) is 0 Å². The molecular weight excluding hydrogens is 919 g/mol. The molecule has 4 unspecified atom stereocenters. The van der Waals surface area contributed by atoms with Gasteiger partial charge in [-0.05, 0) is 108 Å². The van der Waals surface area contributed by atoms with Crippen molar-refractivity contribution in [2.24, 2.45) is 46.6 Å². The Morgan fingerprint density at radius 1 is 0.521 bits per heavy atom. The molecule has 1 heterocycles. The Balaban J connectivity index is 3.81. The molecule has 1 aliphatic heterocycles. The van der Waals surface area contributed by atoms with Crippen molar-refractivity contribution < 1.29 is 48.3 Å². The number of carbonyl (C=O) groups is 9. The first kappa shape index (κ1) is 64.0. The van der Waals surface area contributed by atoms with Crippen molar-refractivity contribution in [2.45, 2.75) is 193 Å². The summed E-state index contributed by atoms with van der Waals surface area (Å²) in [7, 11) is 0. The van der Waals surface area contributed by atoms with Crippen LogP contribution in [-0.2, 0) is 43.2 Å². The van der Waals surface area contributed by atoms with Crippen LogP contribution in [0, 0.1) is 23.7 Å². The van der Waals surface area contributed by atoms with E-state index in [1.165, 1.54) is 0 Å². The second-order valence-electron chi connectivity index (χ2n) is 20.4. The smallest absolute Gasteiger partial charge is 0.243 e. The highest BCUT2D eigenvalue weighted by molar-refractivity contribution is 5.98. The van der Waals surface area contributed by atoms with Gasteiger partial charge in [-0.3, -0.25) is 43.2 Å². The van der Waals surface area contributed by atoms with Crippen LogP contribution in [0.5, 0.6) is 0 Å². The molecule has 0 aromatic rings. The SMILES string of the molecule is CC(C)CCCCC(O)CC(=O)N[C@H](CCN)C(=O)NC1CCNC(=O)C(CC(C)C)NC(=O)[C@H](CCN)NC(=O)[C@H](CCN)NC(=O)[C@H](CC(C)C)NC(=O)[C@@H](CC(C)C)NC(=O)C(CCN)NC1=O. The third-order valence-corrected chi connectivity index (χ3v) is 11.7. The van der Waals surface area contributed by atoms with Gasteiger partial charge in [0.15, 0.2) is 0 Å². The summed E-state index contributed by atoms with van der Waals surface area (Å²) in [5.74, 6) is -6.56. The maximum absolute atomic E-state index is 14.3. The third kappa shape index (κ3) is 25.8. The monoisotopic (exact) mass is 1010 g/mol. The van der Waals surface area contributed by atoms with E-state index in [9.17, 15) is 48.3 Å². The van der Waals surface area contributed by atoms with E-state index in [4.69, 9.17) is 22.9 Å². The van der Waals surface area contributed by atoms with Gasteiger partial charge in [-0.2, -0.15) is 0 Å². The lowest BCUT2D eigenvalue weighted by Crippen LogP contribution is -2.60. The lowest BCUT2D eigenvalue weighted by molar-refractivity contribution is -0.136. The van der Waals surface area contributed by atoms with Crippen LogP contribution in [0.3, 0.4) is 0 Å². The van der Waals surface area contributed by atoms with E-state index in [2.05, 4.69) is 61.7 Å². The van der Waals surface area contributed by atoms with Gasteiger partial charge in [-0.1, -0.05) is 74.7 Å². The number of carbonyl (C=O) groups excluding carboxylic acids is 9. The van der Waals surface area contributed by atoms with E-state index in [0.717, 1.165) is 12.8 Å². The Bertz CT molecular complexity index is 1700. The molecule has 9 atom stereocenters. The Kier molecular flexibility index (Phi) is 31.0. The predicted octanol–water partition coefficient (Wildman–Crippen LogP) is -2.11. The fraction of sp³-hybridized carbons (Fsp3) is 0.812. The first-order chi connectivity index (χ1) is 33.5. The fourth-order valence-electron chi connectivity index (χ4n) is 7.99. The number of hydrogen-bond donors (Lipinski definition) is 14. The van der Waals surface area contributed by atoms with Gasteiger partial charge >= 0.3 is 0 Å². The lowest BCUT2D eigenvalue weighted by atomic mass is 9.99. The molecule has 9 amide bonds. The molecule has 0 radical (unpaired) electrons. The molecule has 23 nitrogen and oxygen atoms in total. The van der Waals surface area contributed by atoms with Crippen molar-refractivity contribution in [3.05, 3.63) is 0 Å². The number of aliphatic hydroxyl groups is 1. The summed E-state index contributed by atoms with van der Waals surface area (Å²) in [5.41, 5.74) is 23.5. The molecular formula is C48H91N13O10. The van der Waals surface area contributed by atoms with Gasteiger partial charge in [0.1, 0.15) is 48.3 Å². The largest absolute Gasteiger partial charge is 0.393 e. The summed E-state index contributed by atoms with van der Waals surface area (Å²) >= 11 is 0. The Morgan fingerprint density at radius 2 is 0.901 bits per heavy atom. The number of nitrogens with two attached hydrogens (primary N) is 4. The van der Waals surface area contributed by atoms with Crippen LogP contribution in [0.25, 0.3) is 0 Å². The summed E-state index contributed by atoms with van der Waals surface area (Å²) in [6.45, 7) is 14.7. The van der Waals surface area contributed by atoms with Crippen LogP contribution in [0.2, 0.25) is 0 Å². The van der Waals surface area contributed by atoms with Gasteiger partial charge in [-0.25, -0.2) is 0 Å². The predicted molar refractivity (Wildman–Crippen MR) is 270 cm³/mol. The van der Waals surface area contributed by atoms with Crippen LogP contribution < -0.4 is 70.8 Å². The van der Waals surface area contributed by atoms with E-state index < -0.39 is 108 Å². The minimum atomic E-state index is -1.45. The molecule has 1 rings (SSSR count). The van der Waals surface area contributed by atoms with Gasteiger partial charge < -0.3 is 75.9 Å². The van der Waals surface area contributed by atoms with E-state index in [1.54, 1.807) is 0 Å². The normalized spacial score (nSPS) is 23.7. The minimum absolute atomic E-state index is 0.0355. The Labute approximate surface area is 420 Å². The number of aliphatic hydroxyl groups excluding tert-OH is 1. The number of unbranched alkanes of at least 4 members (excludes halogenated alkanes) is 1. The molecule has 0 aliphatic carbocycles. The van der Waals surface area contributed by atoms with Crippen LogP contribution in [0.15, 0.2) is 0 Å². The highest BCUT2D eigenvalue weighted by atomic mass is 16.3. The van der Waals surface area contributed by atoms with E-state index in [0.29, 0.717) is 18.8 Å². The average Bonchev–Trinajstić information content (AvgIpc) is 3.27. The van der Waals surface area contributed by atoms with Gasteiger partial charge in [-0.15, -0.1) is 0 Å². The van der Waals surface area contributed by atoms with E-state index in [-0.39, 0.29) is 108 Å². The molecule has 1 aliphatic rings. The van der Waals surface area contributed by atoms with Crippen molar-refractivity contribution in [1.82, 2.24) is 47.9 Å². The van der Waals surface area contributed by atoms with Crippen molar-refractivity contribution in [3.8, 4) is 0 Å². The summed E-state index contributed by atoms with van der Waals surface area (Å²) < 4.78 is 0. The van der Waals surface area contributed by atoms with Gasteiger partial charge in [0.2, 0.25) is 53.2 Å². The standard InChI is InChI=1S/C48H91N13O10/c1-27(2)11-9-10-12-31(62)26-40(63)54-32(13-18-49)42(65)58-36-17-22-53-41(64)37(23-28(3)4)59-44(67)34(15-20-51)55-43(66)33(14-19-50)57-47(70)38(24-29(5)6)61-48(71)39(25-30(7)8)60-45(68)35(16-21-52)56-46(36)69/h27-39,62H,9-26,49-52H2,1-8H3,(H,53,64)(H,54,63)(H,55,66)(H,56,69)(H,57,70)(H,58,65)(H,59,67)(H,60,68)(H,61,71)/t31?,32-,33+,34+,35?,36?,37?,38+,39-/m1/s1. The first-order valence-corrected chi connectivity index (χ1v) is 25.6. The zero-order valence-corrected chi connectivity index (χ0v) is 43.7. The van der Waals surface area contributed by atoms with Crippen molar-refractivity contribution in [1.29, 1.82) is 0 Å². The second-order valence-corrected chi connectivity index (χ2v) is 20.4. The lowest BCUT2D eigenvalue weighted by Gasteiger charge is -2.29. The molecule has 71 heavy (non-hydrogen) atoms. The van der Waals surface area contributed by atoms with Crippen molar-refractivity contribution in [3.63, 3.8) is 0 Å². The van der Waals surface area contributed by atoms with E-state index in [1.807, 2.05) is 41.5 Å². The van der Waals surface area contributed by atoms with Gasteiger partial charge in [0, 0.05) is 6.54 Å². The zero-order chi connectivity index (χ0) is 53.8. The first-order valence-electron chi connectivity index (χ1n) is 25.6. The molecule has 0 aromatic carbocycles. The molecule has 1 fully saturated rings. The van der Waals surface area contributed by atoms with E-state index >= 15 is 0 Å². The summed E-state index contributed by atoms with van der Waals surface area (Å²) in [5, 5.41) is 34.6. The maximum Gasteiger partial charge on any atom is 0.243 e. The fourth-order valence-corrected chi connectivity index (χ4v) is 7.99. The van der Waals surface area contributed by atoms with Crippen LogP contribution in [0.1, 0.15) is 139 Å². The zero-order valence-electron chi connectivity index (χ0n) is 43.7. The third-order valence-electron chi connectivity index (χ3n) is 11.7. The highest BCUT2D eigenvalue weighted by Crippen LogP contribution is 2.14. The van der Waals surface area contributed by atoms with Gasteiger partial charge in [0.05, 0.1) is 12.5 Å². The molecule has 0 saturated carbocycles. The molecule has 0 bridgehead atoms. The highest BCUT2D eigenvalue weighted by Gasteiger charge is 2.35. The van der Waals surface area contributed by atoms with Crippen molar-refractivity contribution in [2.75, 3.05) is 32.7 Å². The van der Waals surface area contributed by atoms with Crippen LogP contribution >= 0.6 is 0 Å². The number of hydrogen-bond acceptors (Lipinski definition) is 14. The average molecular weight is 1010 g/mol. The second kappa shape index (κ2) is 34.4. The molecule has 0 aromatic heterocycles. The minimum Gasteiger partial charge on any atom is -0.393 e. The van der Waals surface area contributed by atoms with Crippen molar-refractivity contribution >= 4 is 53.2 Å². The molecule has 0 spiro atoms. The summed E-state index contributed by atoms with van der Waals surface area (Å²) in [4.78, 5) is 125. The summed E-state index contributed by atoms with van der Waals surface area (Å²) in [6.07, 6.45) is 1.64. The summed E-state index contributed by atoms with van der Waals surface area (Å²) in [6, 6.07) is -10.1. The molecule has 23 heteroatoms. The number of nitrogens with one attached hydrogen (secondary N) is 9. The molecule has 1 saturated heterocycles. The topological polar surface area (TPSA) is 386 Å².